The molecule has 0 aromatic carbocycles. The second-order valence-corrected chi connectivity index (χ2v) is 2.92. The fourth-order valence-electron chi connectivity index (χ4n) is 1.14. The number of nitrogens with zero attached hydrogens (tertiary/aromatic N) is 2. The summed E-state index contributed by atoms with van der Waals surface area (Å²) in [5.41, 5.74) is 6.83. The van der Waals surface area contributed by atoms with Gasteiger partial charge in [0.1, 0.15) is 5.82 Å². The zero-order valence-electron chi connectivity index (χ0n) is 7.62. The Morgan fingerprint density at radius 2 is 2.33 bits per heavy atom. The summed E-state index contributed by atoms with van der Waals surface area (Å²) in [6, 6.07) is 1.95. The highest BCUT2D eigenvalue weighted by molar-refractivity contribution is 5.06. The topological polar surface area (TPSA) is 51.8 Å². The molecule has 66 valence electrons. The van der Waals surface area contributed by atoms with Crippen LogP contribution in [-0.2, 0) is 0 Å². The third-order valence-corrected chi connectivity index (χ3v) is 1.78. The van der Waals surface area contributed by atoms with Gasteiger partial charge in [0.05, 0.1) is 5.69 Å². The van der Waals surface area contributed by atoms with E-state index in [9.17, 15) is 0 Å². The average Bonchev–Trinajstić information content (AvgIpc) is 2.05. The van der Waals surface area contributed by atoms with Crippen LogP contribution in [0.15, 0.2) is 12.3 Å². The molecule has 0 saturated carbocycles. The van der Waals surface area contributed by atoms with Gasteiger partial charge in [0, 0.05) is 12.2 Å². The second-order valence-electron chi connectivity index (χ2n) is 2.92. The van der Waals surface area contributed by atoms with Gasteiger partial charge in [0.15, 0.2) is 0 Å². The molecule has 1 atom stereocenters. The van der Waals surface area contributed by atoms with Gasteiger partial charge in [0.25, 0.3) is 0 Å². The Kier molecular flexibility index (Phi) is 3.17. The summed E-state index contributed by atoms with van der Waals surface area (Å²) in [5.74, 6) is 0.791. The molecule has 1 aromatic rings. The molecule has 3 heteroatoms. The van der Waals surface area contributed by atoms with Gasteiger partial charge < -0.3 is 5.73 Å². The second kappa shape index (κ2) is 4.16. The average molecular weight is 165 g/mol. The first kappa shape index (κ1) is 9.13. The summed E-state index contributed by atoms with van der Waals surface area (Å²) in [5, 5.41) is 0. The van der Waals surface area contributed by atoms with Crippen molar-refractivity contribution in [3.63, 3.8) is 0 Å². The molecule has 2 N–H and O–H groups in total. The Morgan fingerprint density at radius 3 is 2.92 bits per heavy atom. The van der Waals surface area contributed by atoms with Gasteiger partial charge in [0.2, 0.25) is 0 Å². The van der Waals surface area contributed by atoms with Crippen molar-refractivity contribution in [2.24, 2.45) is 5.73 Å². The lowest BCUT2D eigenvalue weighted by Gasteiger charge is -2.08. The normalized spacial score (nSPS) is 12.9. The molecule has 0 aliphatic carbocycles. The zero-order valence-corrected chi connectivity index (χ0v) is 7.62. The van der Waals surface area contributed by atoms with Crippen LogP contribution in [0, 0.1) is 6.92 Å². The minimum atomic E-state index is 0.0664. The van der Waals surface area contributed by atoms with Crippen molar-refractivity contribution in [2.45, 2.75) is 32.7 Å². The summed E-state index contributed by atoms with van der Waals surface area (Å²) in [7, 11) is 0. The highest BCUT2D eigenvalue weighted by atomic mass is 14.9. The maximum Gasteiger partial charge on any atom is 0.125 e. The molecule has 0 spiro atoms. The first-order chi connectivity index (χ1) is 5.74. The van der Waals surface area contributed by atoms with Gasteiger partial charge in [-0.05, 0) is 19.4 Å². The van der Waals surface area contributed by atoms with Crippen LogP contribution in [0.5, 0.6) is 0 Å². The van der Waals surface area contributed by atoms with Crippen LogP contribution in [0.4, 0.5) is 0 Å². The minimum Gasteiger partial charge on any atom is -0.323 e. The Balaban J connectivity index is 2.73. The van der Waals surface area contributed by atoms with E-state index in [4.69, 9.17) is 5.73 Å². The van der Waals surface area contributed by atoms with Crippen LogP contribution >= 0.6 is 0 Å². The van der Waals surface area contributed by atoms with E-state index in [-0.39, 0.29) is 6.04 Å². The van der Waals surface area contributed by atoms with Crippen molar-refractivity contribution < 1.29 is 0 Å². The summed E-state index contributed by atoms with van der Waals surface area (Å²) in [4.78, 5) is 8.27. The Hall–Kier alpha value is -0.960. The lowest BCUT2D eigenvalue weighted by molar-refractivity contribution is 0.617. The number of nitrogens with two attached hydrogens (primary N) is 1. The van der Waals surface area contributed by atoms with Crippen molar-refractivity contribution in [1.82, 2.24) is 9.97 Å². The van der Waals surface area contributed by atoms with Gasteiger partial charge in [-0.2, -0.15) is 0 Å². The number of rotatable bonds is 3. The number of hydrogen-bond donors (Lipinski definition) is 1. The summed E-state index contributed by atoms with van der Waals surface area (Å²) >= 11 is 0. The largest absolute Gasteiger partial charge is 0.323 e. The number of hydrogen-bond acceptors (Lipinski definition) is 3. The van der Waals surface area contributed by atoms with Crippen LogP contribution in [-0.4, -0.2) is 9.97 Å². The lowest BCUT2D eigenvalue weighted by Crippen LogP contribution is -2.12. The zero-order chi connectivity index (χ0) is 8.97. The molecule has 0 amide bonds. The molecule has 1 heterocycles. The maximum atomic E-state index is 5.88. The molecule has 0 radical (unpaired) electrons. The molecule has 0 aliphatic rings. The van der Waals surface area contributed by atoms with Crippen LogP contribution in [0.2, 0.25) is 0 Å². The van der Waals surface area contributed by atoms with E-state index in [1.54, 1.807) is 6.20 Å². The molecular formula is C9H15N3. The standard InChI is InChI=1S/C9H15N3/c1-3-4-8(10)9-5-6-11-7(2)12-9/h5-6,8H,3-4,10H2,1-2H3/t8-/m0/s1. The van der Waals surface area contributed by atoms with Crippen molar-refractivity contribution in [2.75, 3.05) is 0 Å². The van der Waals surface area contributed by atoms with Gasteiger partial charge in [-0.1, -0.05) is 13.3 Å². The predicted octanol–water partition coefficient (Wildman–Crippen LogP) is 1.58. The molecule has 0 saturated heterocycles. The predicted molar refractivity (Wildman–Crippen MR) is 48.6 cm³/mol. The number of aryl methyl sites for hydroxylation is 1. The fourth-order valence-corrected chi connectivity index (χ4v) is 1.14. The lowest BCUT2D eigenvalue weighted by atomic mass is 10.1. The van der Waals surface area contributed by atoms with Crippen LogP contribution in [0.25, 0.3) is 0 Å². The Labute approximate surface area is 73.0 Å². The highest BCUT2D eigenvalue weighted by Crippen LogP contribution is 2.11. The maximum absolute atomic E-state index is 5.88. The monoisotopic (exact) mass is 165 g/mol. The SMILES string of the molecule is CCC[C@H](N)c1ccnc(C)n1. The van der Waals surface area contributed by atoms with Gasteiger partial charge in [-0.3, -0.25) is 0 Å². The first-order valence-electron chi connectivity index (χ1n) is 4.29. The van der Waals surface area contributed by atoms with Crippen molar-refractivity contribution in [1.29, 1.82) is 0 Å². The molecule has 0 bridgehead atoms. The third kappa shape index (κ3) is 2.27. The molecular weight excluding hydrogens is 150 g/mol. The van der Waals surface area contributed by atoms with E-state index >= 15 is 0 Å². The van der Waals surface area contributed by atoms with Crippen molar-refractivity contribution in [3.8, 4) is 0 Å². The molecule has 1 aromatic heterocycles. The van der Waals surface area contributed by atoms with E-state index in [1.807, 2.05) is 13.0 Å². The fraction of sp³-hybridized carbons (Fsp3) is 0.556. The Bertz CT molecular complexity index is 247. The summed E-state index contributed by atoms with van der Waals surface area (Å²) in [6.07, 6.45) is 3.83. The summed E-state index contributed by atoms with van der Waals surface area (Å²) < 4.78 is 0. The molecule has 0 fully saturated rings. The molecule has 0 unspecified atom stereocenters. The van der Waals surface area contributed by atoms with E-state index in [2.05, 4.69) is 16.9 Å². The highest BCUT2D eigenvalue weighted by Gasteiger charge is 2.05. The van der Waals surface area contributed by atoms with E-state index in [0.717, 1.165) is 24.4 Å². The van der Waals surface area contributed by atoms with Crippen LogP contribution in [0.3, 0.4) is 0 Å². The summed E-state index contributed by atoms with van der Waals surface area (Å²) in [6.45, 7) is 4.00. The van der Waals surface area contributed by atoms with Crippen molar-refractivity contribution in [3.05, 3.63) is 23.8 Å². The van der Waals surface area contributed by atoms with Crippen molar-refractivity contribution >= 4 is 0 Å². The molecule has 3 nitrogen and oxygen atoms in total. The van der Waals surface area contributed by atoms with E-state index in [0.29, 0.717) is 0 Å². The Morgan fingerprint density at radius 1 is 1.58 bits per heavy atom. The quantitative estimate of drug-likeness (QED) is 0.739. The number of aromatic nitrogens is 2. The molecule has 12 heavy (non-hydrogen) atoms. The van der Waals surface area contributed by atoms with Gasteiger partial charge in [-0.15, -0.1) is 0 Å². The molecule has 1 rings (SSSR count). The van der Waals surface area contributed by atoms with E-state index in [1.165, 1.54) is 0 Å². The van der Waals surface area contributed by atoms with Gasteiger partial charge >= 0.3 is 0 Å². The minimum absolute atomic E-state index is 0.0664. The van der Waals surface area contributed by atoms with Crippen LogP contribution < -0.4 is 5.73 Å². The first-order valence-corrected chi connectivity index (χ1v) is 4.29. The van der Waals surface area contributed by atoms with Gasteiger partial charge in [-0.25, -0.2) is 9.97 Å². The smallest absolute Gasteiger partial charge is 0.125 e. The van der Waals surface area contributed by atoms with Crippen LogP contribution in [0.1, 0.15) is 37.3 Å². The van der Waals surface area contributed by atoms with E-state index < -0.39 is 0 Å². The third-order valence-electron chi connectivity index (χ3n) is 1.78. The molecule has 0 aliphatic heterocycles.